The van der Waals surface area contributed by atoms with Crippen LogP contribution >= 0.6 is 11.6 Å². The van der Waals surface area contributed by atoms with Crippen molar-refractivity contribution in [1.82, 2.24) is 15.0 Å². The van der Waals surface area contributed by atoms with E-state index in [-0.39, 0.29) is 22.2 Å². The molecule has 4 aromatic rings. The number of halogens is 4. The lowest BCUT2D eigenvalue weighted by Gasteiger charge is -2.37. The van der Waals surface area contributed by atoms with Crippen LogP contribution in [0.3, 0.4) is 0 Å². The highest BCUT2D eigenvalue weighted by Gasteiger charge is 2.31. The Bertz CT molecular complexity index is 1720. The van der Waals surface area contributed by atoms with E-state index in [1.54, 1.807) is 12.1 Å². The highest BCUT2D eigenvalue weighted by atomic mass is 35.5. The first-order chi connectivity index (χ1) is 19.9. The Labute approximate surface area is 244 Å². The summed E-state index contributed by atoms with van der Waals surface area (Å²) in [7, 11) is 0. The predicted octanol–water partition coefficient (Wildman–Crippen LogP) is 6.08. The normalized spacial score (nSPS) is 14.5. The molecule has 0 bridgehead atoms. The first-order valence-electron chi connectivity index (χ1n) is 13.0. The van der Waals surface area contributed by atoms with Gasteiger partial charge in [-0.25, -0.2) is 19.7 Å². The molecule has 1 aliphatic heterocycles. The Morgan fingerprint density at radius 1 is 1.07 bits per heavy atom. The molecule has 0 aliphatic carbocycles. The number of benzene rings is 2. The van der Waals surface area contributed by atoms with Crippen LogP contribution in [-0.4, -0.2) is 52.2 Å². The average molecular weight is 596 g/mol. The summed E-state index contributed by atoms with van der Waals surface area (Å²) >= 11 is 5.90. The molecule has 1 aliphatic rings. The van der Waals surface area contributed by atoms with E-state index in [9.17, 15) is 28.3 Å². The van der Waals surface area contributed by atoms with Crippen molar-refractivity contribution in [2.75, 3.05) is 41.3 Å². The average Bonchev–Trinajstić information content (AvgIpc) is 2.96. The summed E-state index contributed by atoms with van der Waals surface area (Å²) in [6.45, 7) is 5.41. The summed E-state index contributed by atoms with van der Waals surface area (Å²) in [5.41, 5.74) is 2.63. The van der Waals surface area contributed by atoms with Crippen LogP contribution < -0.4 is 15.1 Å². The number of carbonyl (C=O) groups is 1. The van der Waals surface area contributed by atoms with E-state index in [1.807, 2.05) is 35.8 Å². The van der Waals surface area contributed by atoms with Gasteiger partial charge in [0.05, 0.1) is 28.3 Å². The number of carboxylic acid groups (broad SMARTS) is 1. The number of nitrogens with zero attached hydrogens (tertiary/aromatic N) is 6. The van der Waals surface area contributed by atoms with Gasteiger partial charge in [-0.2, -0.15) is 18.4 Å². The summed E-state index contributed by atoms with van der Waals surface area (Å²) in [4.78, 5) is 28.9. The monoisotopic (exact) mass is 595 g/mol. The topological polar surface area (TPSA) is 118 Å². The molecule has 0 unspecified atom stereocenters. The number of hydrogen-bond donors (Lipinski definition) is 2. The Hall–Kier alpha value is -4.63. The summed E-state index contributed by atoms with van der Waals surface area (Å²) in [5, 5.41) is 22.7. The van der Waals surface area contributed by atoms with Crippen LogP contribution in [0.1, 0.15) is 45.8 Å². The SMILES string of the molecule is Cc1cc([C@@H](C)Nc2ccc(Cl)nc2C(=O)O)c2nc(N3CCN(c4cccc(C(F)(F)F)c4)CC3)c(C#N)nc2c1. The van der Waals surface area contributed by atoms with Gasteiger partial charge in [-0.1, -0.05) is 23.7 Å². The second-order valence-corrected chi connectivity index (χ2v) is 10.3. The number of aromatic nitrogens is 3. The number of nitriles is 1. The molecule has 0 radical (unpaired) electrons. The highest BCUT2D eigenvalue weighted by Crippen LogP contribution is 2.33. The van der Waals surface area contributed by atoms with Gasteiger partial charge in [0.25, 0.3) is 0 Å². The zero-order valence-corrected chi connectivity index (χ0v) is 23.3. The van der Waals surface area contributed by atoms with E-state index in [4.69, 9.17) is 16.6 Å². The smallest absolute Gasteiger partial charge is 0.416 e. The molecule has 0 spiro atoms. The summed E-state index contributed by atoms with van der Waals surface area (Å²) in [5.74, 6) is -0.850. The number of nitrogens with one attached hydrogen (secondary N) is 1. The van der Waals surface area contributed by atoms with Crippen LogP contribution in [0.2, 0.25) is 5.15 Å². The van der Waals surface area contributed by atoms with Gasteiger partial charge in [-0.3, -0.25) is 0 Å². The van der Waals surface area contributed by atoms with E-state index in [0.717, 1.165) is 23.3 Å². The molecule has 2 aromatic heterocycles. The van der Waals surface area contributed by atoms with Crippen LogP contribution in [0, 0.1) is 18.3 Å². The minimum Gasteiger partial charge on any atom is -0.476 e. The number of fused-ring (bicyclic) bond motifs is 1. The van der Waals surface area contributed by atoms with Gasteiger partial charge >= 0.3 is 12.1 Å². The van der Waals surface area contributed by atoms with Gasteiger partial charge in [-0.15, -0.1) is 0 Å². The van der Waals surface area contributed by atoms with E-state index in [1.165, 1.54) is 12.1 Å². The van der Waals surface area contributed by atoms with Gasteiger partial charge in [-0.05, 0) is 55.8 Å². The van der Waals surface area contributed by atoms with Crippen molar-refractivity contribution in [2.24, 2.45) is 0 Å². The number of alkyl halides is 3. The number of rotatable bonds is 6. The van der Waals surface area contributed by atoms with Gasteiger partial charge in [0, 0.05) is 37.4 Å². The molecule has 0 saturated carbocycles. The third-order valence-electron chi connectivity index (χ3n) is 7.05. The first kappa shape index (κ1) is 28.9. The molecular weight excluding hydrogens is 571 g/mol. The molecule has 0 amide bonds. The summed E-state index contributed by atoms with van der Waals surface area (Å²) in [6, 6.07) is 13.7. The fourth-order valence-corrected chi connectivity index (χ4v) is 5.18. The molecule has 216 valence electrons. The zero-order chi connectivity index (χ0) is 30.2. The van der Waals surface area contributed by atoms with Crippen molar-refractivity contribution in [3.8, 4) is 6.07 Å². The lowest BCUT2D eigenvalue weighted by atomic mass is 10.0. The van der Waals surface area contributed by atoms with Crippen molar-refractivity contribution < 1.29 is 23.1 Å². The summed E-state index contributed by atoms with van der Waals surface area (Å²) < 4.78 is 39.7. The minimum absolute atomic E-state index is 0.0549. The molecule has 3 heterocycles. The second-order valence-electron chi connectivity index (χ2n) is 9.95. The highest BCUT2D eigenvalue weighted by molar-refractivity contribution is 6.29. The molecule has 1 saturated heterocycles. The number of pyridine rings is 1. The lowest BCUT2D eigenvalue weighted by molar-refractivity contribution is -0.137. The first-order valence-corrected chi connectivity index (χ1v) is 13.4. The molecule has 5 rings (SSSR count). The fraction of sp³-hybridized carbons (Fsp3) is 0.276. The van der Waals surface area contributed by atoms with Crippen LogP contribution in [0.5, 0.6) is 0 Å². The molecule has 13 heteroatoms. The molecule has 9 nitrogen and oxygen atoms in total. The Kier molecular flexibility index (Phi) is 7.79. The standard InChI is InChI=1S/C29H25ClF3N7O2/c1-16-12-20(17(2)35-21-6-7-24(30)37-26(21)28(41)42)25-22(13-16)36-23(15-34)27(38-25)40-10-8-39(9-11-40)19-5-3-4-18(14-19)29(31,32)33/h3-7,12-14,17,35H,8-11H2,1-2H3,(H,41,42)/t17-/m1/s1. The van der Waals surface area contributed by atoms with Gasteiger partial charge in [0.15, 0.2) is 17.2 Å². The largest absolute Gasteiger partial charge is 0.476 e. The van der Waals surface area contributed by atoms with Crippen LogP contribution in [0.25, 0.3) is 11.0 Å². The van der Waals surface area contributed by atoms with E-state index >= 15 is 0 Å². The van der Waals surface area contributed by atoms with E-state index in [0.29, 0.717) is 48.7 Å². The van der Waals surface area contributed by atoms with Crippen molar-refractivity contribution in [3.63, 3.8) is 0 Å². The maximum absolute atomic E-state index is 13.2. The molecular formula is C29H25ClF3N7O2. The van der Waals surface area contributed by atoms with Crippen molar-refractivity contribution in [2.45, 2.75) is 26.1 Å². The number of aromatic carboxylic acids is 1. The van der Waals surface area contributed by atoms with Crippen molar-refractivity contribution >= 4 is 45.8 Å². The second kappa shape index (κ2) is 11.3. The number of carboxylic acids is 1. The predicted molar refractivity (Wildman–Crippen MR) is 153 cm³/mol. The molecule has 2 N–H and O–H groups in total. The Balaban J connectivity index is 1.45. The number of anilines is 3. The Morgan fingerprint density at radius 2 is 1.79 bits per heavy atom. The maximum Gasteiger partial charge on any atom is 0.416 e. The van der Waals surface area contributed by atoms with E-state index in [2.05, 4.69) is 21.4 Å². The van der Waals surface area contributed by atoms with E-state index < -0.39 is 23.8 Å². The third-order valence-corrected chi connectivity index (χ3v) is 7.26. The Morgan fingerprint density at radius 3 is 2.45 bits per heavy atom. The van der Waals surface area contributed by atoms with Crippen LogP contribution in [-0.2, 0) is 6.18 Å². The minimum atomic E-state index is -4.43. The molecule has 1 fully saturated rings. The van der Waals surface area contributed by atoms with Gasteiger partial charge in [0.1, 0.15) is 11.2 Å². The van der Waals surface area contributed by atoms with Crippen molar-refractivity contribution in [3.05, 3.63) is 81.8 Å². The fourth-order valence-electron chi connectivity index (χ4n) is 5.03. The number of hydrogen-bond acceptors (Lipinski definition) is 8. The van der Waals surface area contributed by atoms with Crippen LogP contribution in [0.4, 0.5) is 30.4 Å². The van der Waals surface area contributed by atoms with Gasteiger partial charge < -0.3 is 20.2 Å². The molecule has 42 heavy (non-hydrogen) atoms. The molecule has 1 atom stereocenters. The van der Waals surface area contributed by atoms with Crippen LogP contribution in [0.15, 0.2) is 48.5 Å². The van der Waals surface area contributed by atoms with Gasteiger partial charge in [0.2, 0.25) is 0 Å². The molecule has 2 aromatic carbocycles. The number of piperazine rings is 1. The summed E-state index contributed by atoms with van der Waals surface area (Å²) in [6.07, 6.45) is -4.43. The quantitative estimate of drug-likeness (QED) is 0.256. The lowest BCUT2D eigenvalue weighted by Crippen LogP contribution is -2.47. The third kappa shape index (κ3) is 5.87. The maximum atomic E-state index is 13.2. The number of aryl methyl sites for hydroxylation is 1. The zero-order valence-electron chi connectivity index (χ0n) is 22.6. The van der Waals surface area contributed by atoms with Crippen molar-refractivity contribution in [1.29, 1.82) is 5.26 Å².